The van der Waals surface area contributed by atoms with Gasteiger partial charge in [0.25, 0.3) is 5.91 Å². The molecule has 0 heterocycles. The average molecular weight is 489 g/mol. The third kappa shape index (κ3) is 4.66. The number of rotatable bonds is 7. The van der Waals surface area contributed by atoms with Crippen molar-refractivity contribution < 1.29 is 29.4 Å². The molecule has 0 saturated heterocycles. The molecule has 8 atom stereocenters. The number of carbonyl (C=O) groups is 3. The summed E-state index contributed by atoms with van der Waals surface area (Å²) in [5, 5.41) is 25.0. The highest BCUT2D eigenvalue weighted by Gasteiger charge is 2.59. The van der Waals surface area contributed by atoms with Crippen LogP contribution < -0.4 is 5.32 Å². The van der Waals surface area contributed by atoms with E-state index in [0.29, 0.717) is 23.5 Å². The number of Topliss-reactive ketones (excluding diaryl/α,β-unsaturated/α-hetero) is 1. The maximum atomic E-state index is 12.3. The van der Waals surface area contributed by atoms with Crippen molar-refractivity contribution in [3.05, 3.63) is 11.6 Å². The number of aliphatic carboxylic acids is 1. The van der Waals surface area contributed by atoms with Gasteiger partial charge in [0, 0.05) is 5.92 Å². The van der Waals surface area contributed by atoms with E-state index in [-0.39, 0.29) is 16.7 Å². The van der Waals surface area contributed by atoms with Gasteiger partial charge in [-0.15, -0.1) is 0 Å². The van der Waals surface area contributed by atoms with Gasteiger partial charge >= 0.3 is 5.97 Å². The summed E-state index contributed by atoms with van der Waals surface area (Å²) < 4.78 is 0. The average Bonchev–Trinajstić information content (AvgIpc) is 3.14. The van der Waals surface area contributed by atoms with Crippen molar-refractivity contribution in [2.45, 2.75) is 91.2 Å². The first-order valence-corrected chi connectivity index (χ1v) is 13.1. The Bertz CT molecular complexity index is 942. The van der Waals surface area contributed by atoms with Crippen LogP contribution in [-0.2, 0) is 19.2 Å². The zero-order valence-corrected chi connectivity index (χ0v) is 21.4. The monoisotopic (exact) mass is 488 g/mol. The van der Waals surface area contributed by atoms with Crippen molar-refractivity contribution >= 4 is 23.4 Å². The number of ketones is 1. The number of nitrogens with zero attached hydrogens (tertiary/aromatic N) is 1. The topological polar surface area (TPSA) is 125 Å². The predicted molar refractivity (Wildman–Crippen MR) is 131 cm³/mol. The minimum atomic E-state index is -1.38. The number of nitrogens with one attached hydrogen (secondary N) is 1. The zero-order chi connectivity index (χ0) is 25.5. The SMILES string of the molecule is CC(=O)[C@@H]1CC[C@H]2[C@@H]3CCC4=CC(=NOCC(=O)N[C@@H](C(=O)O)[C@H](C)O)CC[C@]4(C)[C@H]3CC[C@]12C. The summed E-state index contributed by atoms with van der Waals surface area (Å²) in [6.07, 6.45) is 9.42. The summed E-state index contributed by atoms with van der Waals surface area (Å²) in [4.78, 5) is 40.7. The van der Waals surface area contributed by atoms with E-state index in [1.165, 1.54) is 25.3 Å². The van der Waals surface area contributed by atoms with Gasteiger partial charge in [0.1, 0.15) is 5.78 Å². The Morgan fingerprint density at radius 3 is 2.54 bits per heavy atom. The third-order valence-corrected chi connectivity index (χ3v) is 9.91. The Kier molecular flexibility index (Phi) is 7.15. The number of oxime groups is 1. The molecule has 0 aliphatic heterocycles. The maximum Gasteiger partial charge on any atom is 0.328 e. The number of aliphatic hydroxyl groups is 1. The van der Waals surface area contributed by atoms with Gasteiger partial charge in [0.2, 0.25) is 0 Å². The Hall–Kier alpha value is -2.22. The highest BCUT2D eigenvalue weighted by Crippen LogP contribution is 2.66. The van der Waals surface area contributed by atoms with Crippen molar-refractivity contribution in [2.24, 2.45) is 39.7 Å². The Labute approximate surface area is 207 Å². The van der Waals surface area contributed by atoms with Gasteiger partial charge in [0.05, 0.1) is 11.8 Å². The fraction of sp³-hybridized carbons (Fsp3) is 0.778. The van der Waals surface area contributed by atoms with Crippen LogP contribution in [0.4, 0.5) is 0 Å². The molecule has 0 unspecified atom stereocenters. The van der Waals surface area contributed by atoms with Crippen molar-refractivity contribution in [1.29, 1.82) is 0 Å². The molecule has 8 heteroatoms. The second-order valence-corrected chi connectivity index (χ2v) is 11.8. The lowest BCUT2D eigenvalue weighted by Crippen LogP contribution is -2.51. The molecule has 0 aromatic carbocycles. The van der Waals surface area contributed by atoms with E-state index in [2.05, 4.69) is 30.4 Å². The zero-order valence-electron chi connectivity index (χ0n) is 21.4. The fourth-order valence-electron chi connectivity index (χ4n) is 8.09. The molecule has 0 spiro atoms. The van der Waals surface area contributed by atoms with Crippen LogP contribution in [0.3, 0.4) is 0 Å². The van der Waals surface area contributed by atoms with Gasteiger partial charge in [-0.25, -0.2) is 4.79 Å². The van der Waals surface area contributed by atoms with Crippen LogP contribution in [0, 0.1) is 34.5 Å². The van der Waals surface area contributed by atoms with Gasteiger partial charge in [-0.1, -0.05) is 24.6 Å². The molecule has 3 N–H and O–H groups in total. The molecule has 0 bridgehead atoms. The number of carboxylic acid groups (broad SMARTS) is 1. The van der Waals surface area contributed by atoms with E-state index in [0.717, 1.165) is 44.2 Å². The van der Waals surface area contributed by atoms with Gasteiger partial charge in [0.15, 0.2) is 12.6 Å². The Morgan fingerprint density at radius 1 is 1.14 bits per heavy atom. The molecule has 1 amide bonds. The molecule has 8 nitrogen and oxygen atoms in total. The van der Waals surface area contributed by atoms with Crippen LogP contribution in [0.25, 0.3) is 0 Å². The van der Waals surface area contributed by atoms with E-state index < -0.39 is 30.6 Å². The van der Waals surface area contributed by atoms with Crippen LogP contribution in [-0.4, -0.2) is 52.3 Å². The molecule has 4 rings (SSSR count). The molecule has 0 aromatic rings. The summed E-state index contributed by atoms with van der Waals surface area (Å²) in [6.45, 7) is 7.46. The van der Waals surface area contributed by atoms with Gasteiger partial charge < -0.3 is 20.4 Å². The minimum absolute atomic E-state index is 0.140. The van der Waals surface area contributed by atoms with E-state index >= 15 is 0 Å². The summed E-state index contributed by atoms with van der Waals surface area (Å²) >= 11 is 0. The van der Waals surface area contributed by atoms with Crippen molar-refractivity contribution in [1.82, 2.24) is 5.32 Å². The quantitative estimate of drug-likeness (QED) is 0.471. The highest BCUT2D eigenvalue weighted by atomic mass is 16.6. The minimum Gasteiger partial charge on any atom is -0.480 e. The molecule has 0 radical (unpaired) electrons. The van der Waals surface area contributed by atoms with Crippen LogP contribution in [0.1, 0.15) is 79.1 Å². The maximum absolute atomic E-state index is 12.3. The molecule has 3 fully saturated rings. The number of amides is 1. The molecule has 4 aliphatic rings. The Balaban J connectivity index is 1.40. The van der Waals surface area contributed by atoms with Crippen LogP contribution in [0.15, 0.2) is 16.8 Å². The van der Waals surface area contributed by atoms with Gasteiger partial charge in [-0.3, -0.25) is 9.59 Å². The van der Waals surface area contributed by atoms with Gasteiger partial charge in [-0.05, 0) is 99.9 Å². The number of carboxylic acids is 1. The molecular formula is C27H40N2O6. The van der Waals surface area contributed by atoms with Crippen LogP contribution >= 0.6 is 0 Å². The lowest BCUT2D eigenvalue weighted by atomic mass is 9.46. The number of aliphatic hydroxyl groups excluding tert-OH is 1. The lowest BCUT2D eigenvalue weighted by molar-refractivity contribution is -0.145. The number of hydrogen-bond acceptors (Lipinski definition) is 6. The fourth-order valence-corrected chi connectivity index (χ4v) is 8.09. The van der Waals surface area contributed by atoms with E-state index in [1.54, 1.807) is 6.92 Å². The number of carbonyl (C=O) groups excluding carboxylic acids is 2. The highest BCUT2D eigenvalue weighted by molar-refractivity contribution is 5.96. The number of allylic oxidation sites excluding steroid dienone is 2. The first-order valence-electron chi connectivity index (χ1n) is 13.1. The van der Waals surface area contributed by atoms with Crippen molar-refractivity contribution in [2.75, 3.05) is 6.61 Å². The summed E-state index contributed by atoms with van der Waals surface area (Å²) in [5.41, 5.74) is 2.53. The van der Waals surface area contributed by atoms with E-state index in [1.807, 2.05) is 0 Å². The first-order chi connectivity index (χ1) is 16.5. The largest absolute Gasteiger partial charge is 0.480 e. The normalized spacial score (nSPS) is 38.9. The van der Waals surface area contributed by atoms with Crippen molar-refractivity contribution in [3.63, 3.8) is 0 Å². The van der Waals surface area contributed by atoms with Crippen molar-refractivity contribution in [3.8, 4) is 0 Å². The van der Waals surface area contributed by atoms with E-state index in [4.69, 9.17) is 9.94 Å². The summed E-state index contributed by atoms with van der Waals surface area (Å²) in [5.74, 6) is 0.604. The molecule has 194 valence electrons. The second-order valence-electron chi connectivity index (χ2n) is 11.8. The number of fused-ring (bicyclic) bond motifs is 5. The van der Waals surface area contributed by atoms with E-state index in [9.17, 15) is 19.5 Å². The third-order valence-electron chi connectivity index (χ3n) is 9.91. The summed E-state index contributed by atoms with van der Waals surface area (Å²) in [7, 11) is 0. The first kappa shape index (κ1) is 25.9. The van der Waals surface area contributed by atoms with Gasteiger partial charge in [-0.2, -0.15) is 0 Å². The standard InChI is InChI=1S/C27H40N2O6/c1-15(30)20-7-8-21-19-6-5-17-13-18(9-11-26(17,3)22(19)10-12-27(20,21)4)29-35-14-23(32)28-24(16(2)31)25(33)34/h13,16,19-22,24,31H,5-12,14H2,1-4H3,(H,28,32)(H,33,34)/t16-,19-,20-,21-,22-,24+,26-,27+/m0/s1. The molecule has 3 saturated carbocycles. The van der Waals surface area contributed by atoms with Crippen LogP contribution in [0.5, 0.6) is 0 Å². The molecule has 4 aliphatic carbocycles. The second kappa shape index (κ2) is 9.68. The molecule has 0 aromatic heterocycles. The number of hydrogen-bond donors (Lipinski definition) is 3. The lowest BCUT2D eigenvalue weighted by Gasteiger charge is -2.58. The molecule has 35 heavy (non-hydrogen) atoms. The smallest absolute Gasteiger partial charge is 0.328 e. The van der Waals surface area contributed by atoms with Crippen LogP contribution in [0.2, 0.25) is 0 Å². The summed E-state index contributed by atoms with van der Waals surface area (Å²) in [6, 6.07) is -1.38. The molecular weight excluding hydrogens is 448 g/mol. The Morgan fingerprint density at radius 2 is 1.89 bits per heavy atom. The predicted octanol–water partition coefficient (Wildman–Crippen LogP) is 3.48.